The Morgan fingerprint density at radius 3 is 2.31 bits per heavy atom. The molecule has 3 aromatic rings. The molecule has 1 saturated heterocycles. The molecule has 2 amide bonds. The normalized spacial score (nSPS) is 13.6. The zero-order valence-corrected chi connectivity index (χ0v) is 21.3. The Morgan fingerprint density at radius 2 is 1.64 bits per heavy atom. The first-order valence-corrected chi connectivity index (χ1v) is 12.3. The van der Waals surface area contributed by atoms with Crippen LogP contribution in [0.4, 0.5) is 11.4 Å². The van der Waals surface area contributed by atoms with Gasteiger partial charge < -0.3 is 19.9 Å². The predicted molar refractivity (Wildman–Crippen MR) is 146 cm³/mol. The van der Waals surface area contributed by atoms with Gasteiger partial charge in [-0.1, -0.05) is 48.0 Å². The third-order valence-corrected chi connectivity index (χ3v) is 6.25. The van der Waals surface area contributed by atoms with E-state index in [9.17, 15) is 9.59 Å². The lowest BCUT2D eigenvalue weighted by Crippen LogP contribution is -2.48. The summed E-state index contributed by atoms with van der Waals surface area (Å²) in [7, 11) is 0. The van der Waals surface area contributed by atoms with Gasteiger partial charge in [-0.05, 0) is 66.9 Å². The van der Waals surface area contributed by atoms with Gasteiger partial charge in [0.1, 0.15) is 5.75 Å². The van der Waals surface area contributed by atoms with Crippen molar-refractivity contribution in [3.63, 3.8) is 0 Å². The number of rotatable bonds is 7. The van der Waals surface area contributed by atoms with Gasteiger partial charge >= 0.3 is 0 Å². The van der Waals surface area contributed by atoms with Crippen molar-refractivity contribution < 1.29 is 14.3 Å². The highest BCUT2D eigenvalue weighted by Gasteiger charge is 2.21. The molecule has 0 radical (unpaired) electrons. The quantitative estimate of drug-likeness (QED) is 0.442. The van der Waals surface area contributed by atoms with Crippen LogP contribution in [0.5, 0.6) is 5.75 Å². The van der Waals surface area contributed by atoms with Gasteiger partial charge in [-0.3, -0.25) is 9.59 Å². The molecule has 0 aromatic heterocycles. The van der Waals surface area contributed by atoms with Crippen molar-refractivity contribution in [3.05, 3.63) is 94.5 Å². The van der Waals surface area contributed by atoms with Crippen LogP contribution in [-0.2, 0) is 9.59 Å². The molecule has 3 aromatic carbocycles. The van der Waals surface area contributed by atoms with E-state index in [-0.39, 0.29) is 18.4 Å². The molecule has 0 unspecified atom stereocenters. The third kappa shape index (κ3) is 6.89. The van der Waals surface area contributed by atoms with Gasteiger partial charge in [-0.25, -0.2) is 0 Å². The molecular formula is C29H30ClN3O3. The van der Waals surface area contributed by atoms with Crippen LogP contribution in [0.25, 0.3) is 6.08 Å². The summed E-state index contributed by atoms with van der Waals surface area (Å²) in [4.78, 5) is 28.9. The van der Waals surface area contributed by atoms with Crippen molar-refractivity contribution in [1.29, 1.82) is 0 Å². The molecule has 0 atom stereocenters. The fourth-order valence-corrected chi connectivity index (χ4v) is 4.51. The van der Waals surface area contributed by atoms with E-state index in [1.165, 1.54) is 0 Å². The minimum atomic E-state index is -0.256. The van der Waals surface area contributed by atoms with Crippen LogP contribution in [0.1, 0.15) is 16.7 Å². The summed E-state index contributed by atoms with van der Waals surface area (Å²) in [5, 5.41) is 3.38. The maximum Gasteiger partial charge on any atom is 0.262 e. The molecule has 0 aliphatic carbocycles. The Labute approximate surface area is 217 Å². The number of amides is 2. The molecule has 1 aliphatic rings. The fraction of sp³-hybridized carbons (Fsp3) is 0.241. The second-order valence-corrected chi connectivity index (χ2v) is 9.29. The second-order valence-electron chi connectivity index (χ2n) is 8.88. The van der Waals surface area contributed by atoms with E-state index in [4.69, 9.17) is 16.3 Å². The van der Waals surface area contributed by atoms with Gasteiger partial charge in [-0.2, -0.15) is 0 Å². The van der Waals surface area contributed by atoms with E-state index in [0.717, 1.165) is 22.4 Å². The Bertz CT molecular complexity index is 1230. The van der Waals surface area contributed by atoms with Crippen LogP contribution in [0, 0.1) is 13.8 Å². The number of aryl methyl sites for hydroxylation is 2. The van der Waals surface area contributed by atoms with Gasteiger partial charge in [-0.15, -0.1) is 0 Å². The molecule has 1 heterocycles. The number of halogens is 1. The molecule has 1 N–H and O–H groups in total. The standard InChI is InChI=1S/C29H30ClN3O3/c1-21-16-22(2)18-25(17-21)36-20-28(34)31-24-9-10-27(26(30)19-24)32-12-14-33(15-13-32)29(35)11-8-23-6-4-3-5-7-23/h3-11,16-19H,12-15,20H2,1-2H3,(H,31,34)/b11-8+. The first-order valence-electron chi connectivity index (χ1n) is 11.9. The number of nitrogens with one attached hydrogen (secondary N) is 1. The molecule has 1 aliphatic heterocycles. The third-order valence-electron chi connectivity index (χ3n) is 5.95. The van der Waals surface area contributed by atoms with Crippen molar-refractivity contribution in [2.45, 2.75) is 13.8 Å². The topological polar surface area (TPSA) is 61.9 Å². The zero-order valence-electron chi connectivity index (χ0n) is 20.5. The largest absolute Gasteiger partial charge is 0.484 e. The lowest BCUT2D eigenvalue weighted by atomic mass is 10.1. The van der Waals surface area contributed by atoms with E-state index < -0.39 is 0 Å². The van der Waals surface area contributed by atoms with Gasteiger partial charge in [0.15, 0.2) is 6.61 Å². The summed E-state index contributed by atoms with van der Waals surface area (Å²) in [6.07, 6.45) is 3.46. The average Bonchev–Trinajstić information content (AvgIpc) is 2.86. The Balaban J connectivity index is 1.28. The van der Waals surface area contributed by atoms with E-state index in [0.29, 0.717) is 42.6 Å². The maximum absolute atomic E-state index is 12.6. The lowest BCUT2D eigenvalue weighted by Gasteiger charge is -2.36. The van der Waals surface area contributed by atoms with Crippen molar-refractivity contribution in [2.75, 3.05) is 43.0 Å². The number of piperazine rings is 1. The van der Waals surface area contributed by atoms with Gasteiger partial charge in [0.05, 0.1) is 10.7 Å². The first kappa shape index (κ1) is 25.3. The predicted octanol–water partition coefficient (Wildman–Crippen LogP) is 5.34. The zero-order chi connectivity index (χ0) is 25.5. The van der Waals surface area contributed by atoms with Crippen molar-refractivity contribution in [1.82, 2.24) is 4.90 Å². The number of hydrogen-bond donors (Lipinski definition) is 1. The summed E-state index contributed by atoms with van der Waals surface area (Å²) in [5.41, 5.74) is 4.66. The molecule has 4 rings (SSSR count). The lowest BCUT2D eigenvalue weighted by molar-refractivity contribution is -0.126. The highest BCUT2D eigenvalue weighted by atomic mass is 35.5. The minimum absolute atomic E-state index is 0.00528. The van der Waals surface area contributed by atoms with Crippen LogP contribution in [0.15, 0.2) is 72.8 Å². The van der Waals surface area contributed by atoms with Crippen molar-refractivity contribution in [3.8, 4) is 5.75 Å². The maximum atomic E-state index is 12.6. The summed E-state index contributed by atoms with van der Waals surface area (Å²) < 4.78 is 5.63. The summed E-state index contributed by atoms with van der Waals surface area (Å²) >= 11 is 6.55. The first-order chi connectivity index (χ1) is 17.4. The molecule has 6 nitrogen and oxygen atoms in total. The van der Waals surface area contributed by atoms with Gasteiger partial charge in [0.2, 0.25) is 5.91 Å². The number of benzene rings is 3. The molecule has 36 heavy (non-hydrogen) atoms. The highest BCUT2D eigenvalue weighted by molar-refractivity contribution is 6.33. The van der Waals surface area contributed by atoms with E-state index >= 15 is 0 Å². The Morgan fingerprint density at radius 1 is 0.944 bits per heavy atom. The molecule has 0 bridgehead atoms. The van der Waals surface area contributed by atoms with E-state index in [2.05, 4.69) is 16.3 Å². The molecule has 1 fully saturated rings. The SMILES string of the molecule is Cc1cc(C)cc(OCC(=O)Nc2ccc(N3CCN(C(=O)/C=C/c4ccccc4)CC3)c(Cl)c2)c1. The number of nitrogens with zero attached hydrogens (tertiary/aromatic N) is 2. The van der Waals surface area contributed by atoms with Crippen LogP contribution < -0.4 is 15.0 Å². The smallest absolute Gasteiger partial charge is 0.262 e. The van der Waals surface area contributed by atoms with Crippen LogP contribution in [0.3, 0.4) is 0 Å². The minimum Gasteiger partial charge on any atom is -0.484 e. The second kappa shape index (κ2) is 11.8. The monoisotopic (exact) mass is 503 g/mol. The van der Waals surface area contributed by atoms with Gasteiger partial charge in [0.25, 0.3) is 5.91 Å². The number of ether oxygens (including phenoxy) is 1. The van der Waals surface area contributed by atoms with E-state index in [1.807, 2.05) is 79.4 Å². The van der Waals surface area contributed by atoms with Crippen LogP contribution in [-0.4, -0.2) is 49.5 Å². The molecule has 7 heteroatoms. The number of hydrogen-bond acceptors (Lipinski definition) is 4. The van der Waals surface area contributed by atoms with Crippen molar-refractivity contribution >= 4 is 40.9 Å². The molecule has 186 valence electrons. The Hall–Kier alpha value is -3.77. The van der Waals surface area contributed by atoms with Crippen LogP contribution in [0.2, 0.25) is 5.02 Å². The summed E-state index contributed by atoms with van der Waals surface area (Å²) in [6.45, 7) is 6.48. The van der Waals surface area contributed by atoms with E-state index in [1.54, 1.807) is 12.1 Å². The fourth-order valence-electron chi connectivity index (χ4n) is 4.21. The summed E-state index contributed by atoms with van der Waals surface area (Å²) in [5.74, 6) is 0.420. The highest BCUT2D eigenvalue weighted by Crippen LogP contribution is 2.30. The van der Waals surface area contributed by atoms with Crippen molar-refractivity contribution in [2.24, 2.45) is 0 Å². The average molecular weight is 504 g/mol. The molecule has 0 spiro atoms. The molecular weight excluding hydrogens is 474 g/mol. The van der Waals surface area contributed by atoms with Crippen LogP contribution >= 0.6 is 11.6 Å². The number of anilines is 2. The number of carbonyl (C=O) groups excluding carboxylic acids is 2. The van der Waals surface area contributed by atoms with Gasteiger partial charge in [0, 0.05) is 37.9 Å². The number of carbonyl (C=O) groups is 2. The Kier molecular flexibility index (Phi) is 8.28. The molecule has 0 saturated carbocycles. The summed E-state index contributed by atoms with van der Waals surface area (Å²) in [6, 6.07) is 21.1.